The van der Waals surface area contributed by atoms with E-state index in [0.717, 1.165) is 28.2 Å². The molecule has 2 heterocycles. The van der Waals surface area contributed by atoms with Crippen LogP contribution in [0, 0.1) is 0 Å². The molecule has 0 aliphatic carbocycles. The van der Waals surface area contributed by atoms with Gasteiger partial charge in [0, 0.05) is 35.2 Å². The lowest BCUT2D eigenvalue weighted by molar-refractivity contribution is 0.0206. The molecule has 0 bridgehead atoms. The van der Waals surface area contributed by atoms with Gasteiger partial charge in [0.25, 0.3) is 0 Å². The number of nitrogens with one attached hydrogen (secondary N) is 1. The molecule has 1 aliphatic rings. The molecule has 1 aliphatic heterocycles. The molecule has 8 heteroatoms. The molecule has 7 nitrogen and oxygen atoms in total. The molecule has 1 amide bonds. The summed E-state index contributed by atoms with van der Waals surface area (Å²) in [5.74, 6) is 1.21. The number of methoxy groups -OCH3 is 1. The van der Waals surface area contributed by atoms with Crippen molar-refractivity contribution < 1.29 is 14.3 Å². The third-order valence-corrected chi connectivity index (χ3v) is 4.70. The van der Waals surface area contributed by atoms with Gasteiger partial charge in [0.15, 0.2) is 0 Å². The Morgan fingerprint density at radius 2 is 2.15 bits per heavy atom. The lowest BCUT2D eigenvalue weighted by atomic mass is 10.1. The average Bonchev–Trinajstić information content (AvgIpc) is 2.60. The number of ether oxygens (including phenoxy) is 2. The summed E-state index contributed by atoms with van der Waals surface area (Å²) in [6.45, 7) is 6.89. The maximum Gasteiger partial charge on any atom is 0.410 e. The van der Waals surface area contributed by atoms with Crippen LogP contribution in [0.25, 0.3) is 10.9 Å². The van der Waals surface area contributed by atoms with Crippen molar-refractivity contribution in [3.63, 3.8) is 0 Å². The Labute approximate surface area is 167 Å². The molecule has 0 radical (unpaired) electrons. The third kappa shape index (κ3) is 5.00. The van der Waals surface area contributed by atoms with Crippen molar-refractivity contribution in [2.75, 3.05) is 25.5 Å². The Kier molecular flexibility index (Phi) is 5.74. The van der Waals surface area contributed by atoms with E-state index >= 15 is 0 Å². The van der Waals surface area contributed by atoms with Crippen LogP contribution in [0.1, 0.15) is 33.6 Å². The van der Waals surface area contributed by atoms with Gasteiger partial charge in [-0.05, 0) is 45.7 Å². The quantitative estimate of drug-likeness (QED) is 0.775. The number of piperidine rings is 1. The molecular formula is C19H25BrN4O3. The molecule has 1 saturated heterocycles. The molecule has 1 aromatic carbocycles. The van der Waals surface area contributed by atoms with Crippen molar-refractivity contribution in [3.05, 3.63) is 22.8 Å². The summed E-state index contributed by atoms with van der Waals surface area (Å²) < 4.78 is 11.8. The molecule has 1 N–H and O–H groups in total. The van der Waals surface area contributed by atoms with Gasteiger partial charge >= 0.3 is 6.09 Å². The summed E-state index contributed by atoms with van der Waals surface area (Å²) >= 11 is 3.46. The van der Waals surface area contributed by atoms with Crippen LogP contribution >= 0.6 is 15.9 Å². The van der Waals surface area contributed by atoms with Gasteiger partial charge in [-0.25, -0.2) is 14.8 Å². The van der Waals surface area contributed by atoms with E-state index in [1.807, 2.05) is 32.9 Å². The minimum atomic E-state index is -0.496. The summed E-state index contributed by atoms with van der Waals surface area (Å²) in [6.07, 6.45) is 3.34. The smallest absolute Gasteiger partial charge is 0.410 e. The van der Waals surface area contributed by atoms with Crippen molar-refractivity contribution in [1.82, 2.24) is 14.9 Å². The number of benzene rings is 1. The van der Waals surface area contributed by atoms with E-state index in [1.54, 1.807) is 18.2 Å². The van der Waals surface area contributed by atoms with Gasteiger partial charge in [-0.3, -0.25) is 0 Å². The monoisotopic (exact) mass is 436 g/mol. The first-order valence-corrected chi connectivity index (χ1v) is 9.79. The molecular weight excluding hydrogens is 412 g/mol. The molecule has 1 aromatic heterocycles. The molecule has 1 unspecified atom stereocenters. The molecule has 0 saturated carbocycles. The second kappa shape index (κ2) is 7.88. The number of likely N-dealkylation sites (tertiary alicyclic amines) is 1. The molecule has 0 spiro atoms. The van der Waals surface area contributed by atoms with Crippen LogP contribution < -0.4 is 10.1 Å². The molecule has 146 valence electrons. The highest BCUT2D eigenvalue weighted by atomic mass is 79.9. The zero-order chi connectivity index (χ0) is 19.6. The van der Waals surface area contributed by atoms with Gasteiger partial charge < -0.3 is 19.7 Å². The normalized spacial score (nSPS) is 17.7. The van der Waals surface area contributed by atoms with Crippen LogP contribution in [0.2, 0.25) is 0 Å². The van der Waals surface area contributed by atoms with Crippen LogP contribution in [0.15, 0.2) is 22.8 Å². The average molecular weight is 437 g/mol. The fourth-order valence-electron chi connectivity index (χ4n) is 3.07. The minimum Gasteiger partial charge on any atom is -0.494 e. The highest BCUT2D eigenvalue weighted by molar-refractivity contribution is 9.10. The highest BCUT2D eigenvalue weighted by Gasteiger charge is 2.28. The van der Waals surface area contributed by atoms with Crippen molar-refractivity contribution in [3.8, 4) is 5.75 Å². The summed E-state index contributed by atoms with van der Waals surface area (Å²) in [7, 11) is 1.62. The minimum absolute atomic E-state index is 0.0742. The Morgan fingerprint density at radius 3 is 2.85 bits per heavy atom. The zero-order valence-corrected chi connectivity index (χ0v) is 17.7. The summed E-state index contributed by atoms with van der Waals surface area (Å²) in [5.41, 5.74) is 0.252. The lowest BCUT2D eigenvalue weighted by Gasteiger charge is -2.34. The molecule has 1 atom stereocenters. The topological polar surface area (TPSA) is 76.6 Å². The van der Waals surface area contributed by atoms with Gasteiger partial charge in [-0.1, -0.05) is 15.9 Å². The number of anilines is 1. The third-order valence-electron chi connectivity index (χ3n) is 4.24. The number of amides is 1. The summed E-state index contributed by atoms with van der Waals surface area (Å²) in [4.78, 5) is 23.1. The Bertz CT molecular complexity index is 838. The van der Waals surface area contributed by atoms with Gasteiger partial charge in [-0.15, -0.1) is 0 Å². The van der Waals surface area contributed by atoms with Crippen LogP contribution in [-0.4, -0.2) is 52.8 Å². The first-order valence-electron chi connectivity index (χ1n) is 9.00. The van der Waals surface area contributed by atoms with Gasteiger partial charge in [-0.2, -0.15) is 0 Å². The zero-order valence-electron chi connectivity index (χ0n) is 16.1. The Hall–Kier alpha value is -2.09. The Morgan fingerprint density at radius 1 is 1.37 bits per heavy atom. The van der Waals surface area contributed by atoms with Crippen LogP contribution in [0.4, 0.5) is 10.7 Å². The number of halogens is 1. The predicted molar refractivity (Wildman–Crippen MR) is 108 cm³/mol. The van der Waals surface area contributed by atoms with E-state index < -0.39 is 5.60 Å². The van der Waals surface area contributed by atoms with Crippen molar-refractivity contribution in [2.45, 2.75) is 45.3 Å². The van der Waals surface area contributed by atoms with Crippen molar-refractivity contribution in [2.24, 2.45) is 0 Å². The summed E-state index contributed by atoms with van der Waals surface area (Å²) in [5, 5.41) is 4.24. The van der Waals surface area contributed by atoms with Crippen molar-refractivity contribution in [1.29, 1.82) is 0 Å². The van der Waals surface area contributed by atoms with Crippen molar-refractivity contribution >= 4 is 38.9 Å². The van der Waals surface area contributed by atoms with E-state index in [0.29, 0.717) is 24.8 Å². The first-order chi connectivity index (χ1) is 12.7. The van der Waals surface area contributed by atoms with Crippen LogP contribution in [-0.2, 0) is 4.74 Å². The van der Waals surface area contributed by atoms with E-state index in [9.17, 15) is 4.79 Å². The first kappa shape index (κ1) is 19.7. The number of carbonyl (C=O) groups is 1. The van der Waals surface area contributed by atoms with Crippen LogP contribution in [0.3, 0.4) is 0 Å². The van der Waals surface area contributed by atoms with E-state index in [4.69, 9.17) is 9.47 Å². The number of fused-ring (bicyclic) bond motifs is 1. The van der Waals surface area contributed by atoms with E-state index in [2.05, 4.69) is 31.2 Å². The molecule has 2 aromatic rings. The lowest BCUT2D eigenvalue weighted by Crippen LogP contribution is -2.47. The summed E-state index contributed by atoms with van der Waals surface area (Å²) in [6, 6.07) is 3.90. The number of carbonyl (C=O) groups excluding carboxylic acids is 1. The molecule has 3 rings (SSSR count). The second-order valence-corrected chi connectivity index (χ2v) is 8.57. The Balaban J connectivity index is 1.73. The number of hydrogen-bond acceptors (Lipinski definition) is 6. The van der Waals surface area contributed by atoms with E-state index in [-0.39, 0.29) is 12.1 Å². The van der Waals surface area contributed by atoms with E-state index in [1.165, 1.54) is 0 Å². The maximum atomic E-state index is 12.3. The second-order valence-electron chi connectivity index (χ2n) is 7.65. The number of nitrogens with zero attached hydrogens (tertiary/aromatic N) is 3. The van der Waals surface area contributed by atoms with Gasteiger partial charge in [0.2, 0.25) is 5.95 Å². The molecule has 1 fully saturated rings. The standard InChI is InChI=1S/C19H25BrN4O3/c1-19(2,3)27-18(25)24-7-5-6-14(11-24)22-17-21-10-12-8-13(20)9-15(26-4)16(12)23-17/h8-10,14H,5-7,11H2,1-4H3,(H,21,22,23). The van der Waals surface area contributed by atoms with Gasteiger partial charge in [0.1, 0.15) is 16.9 Å². The fraction of sp³-hybridized carbons (Fsp3) is 0.526. The molecule has 27 heavy (non-hydrogen) atoms. The fourth-order valence-corrected chi connectivity index (χ4v) is 3.53. The maximum absolute atomic E-state index is 12.3. The number of hydrogen-bond donors (Lipinski definition) is 1. The SMILES string of the molecule is COc1cc(Br)cc2cnc(NC3CCCN(C(=O)OC(C)(C)C)C3)nc12. The van der Waals surface area contributed by atoms with Gasteiger partial charge in [0.05, 0.1) is 7.11 Å². The van der Waals surface area contributed by atoms with Crippen LogP contribution in [0.5, 0.6) is 5.75 Å². The number of aromatic nitrogens is 2. The largest absolute Gasteiger partial charge is 0.494 e. The number of rotatable bonds is 3. The highest BCUT2D eigenvalue weighted by Crippen LogP contribution is 2.29. The predicted octanol–water partition coefficient (Wildman–Crippen LogP) is 4.21.